The van der Waals surface area contributed by atoms with Gasteiger partial charge in [0.15, 0.2) is 0 Å². The number of fused-ring (bicyclic) bond motifs is 3. The number of aromatic hydroxyl groups is 1. The fourth-order valence-electron chi connectivity index (χ4n) is 12.0. The lowest BCUT2D eigenvalue weighted by atomic mass is 9.64. The van der Waals surface area contributed by atoms with Crippen molar-refractivity contribution in [3.05, 3.63) is 93.5 Å². The summed E-state index contributed by atoms with van der Waals surface area (Å²) in [5.41, 5.74) is 7.32. The molecule has 61 heavy (non-hydrogen) atoms. The molecule has 4 fully saturated rings. The predicted molar refractivity (Wildman–Crippen MR) is 222 cm³/mol. The number of carbonyl (C=O) groups is 5. The second-order valence-electron chi connectivity index (χ2n) is 19.0. The van der Waals surface area contributed by atoms with Crippen molar-refractivity contribution in [3.63, 3.8) is 0 Å². The zero-order chi connectivity index (χ0) is 42.2. The molecule has 2 aliphatic carbocycles. The number of hydrogen-bond acceptors (Lipinski definition) is 8. The quantitative estimate of drug-likeness (QED) is 0.268. The summed E-state index contributed by atoms with van der Waals surface area (Å²) in [7, 11) is 0. The largest absolute Gasteiger partial charge is 0.508 e. The van der Waals surface area contributed by atoms with E-state index in [1.54, 1.807) is 18.2 Å². The number of hydrogen-bond donors (Lipinski definition) is 2. The molecule has 7 aliphatic rings. The highest BCUT2D eigenvalue weighted by atomic mass is 19.3. The summed E-state index contributed by atoms with van der Waals surface area (Å²) in [6.07, 6.45) is 7.10. The number of alkyl halides is 2. The number of piperidine rings is 3. The number of carbonyl (C=O) groups excluding carboxylic acids is 5. The van der Waals surface area contributed by atoms with Crippen LogP contribution in [0.2, 0.25) is 0 Å². The molecule has 3 saturated heterocycles. The number of benzene rings is 3. The molecule has 11 nitrogen and oxygen atoms in total. The Balaban J connectivity index is 0.727. The second-order valence-corrected chi connectivity index (χ2v) is 19.0. The number of phenols is 1. The fraction of sp³-hybridized carbons (Fsp3) is 0.521. The summed E-state index contributed by atoms with van der Waals surface area (Å²) in [5.74, 6) is -3.62. The zero-order valence-corrected chi connectivity index (χ0v) is 34.5. The molecule has 3 aromatic carbocycles. The average molecular weight is 834 g/mol. The van der Waals surface area contributed by atoms with Crippen LogP contribution in [0.3, 0.4) is 0 Å². The summed E-state index contributed by atoms with van der Waals surface area (Å²) < 4.78 is 28.3. The maximum absolute atomic E-state index is 14.2. The Morgan fingerprint density at radius 2 is 1.38 bits per heavy atom. The van der Waals surface area contributed by atoms with Crippen LogP contribution in [0.25, 0.3) is 0 Å². The van der Waals surface area contributed by atoms with Gasteiger partial charge in [0.05, 0.1) is 17.7 Å². The van der Waals surface area contributed by atoms with Crippen LogP contribution in [0.4, 0.5) is 14.5 Å². The molecule has 5 heterocycles. The van der Waals surface area contributed by atoms with Gasteiger partial charge in [0.2, 0.25) is 23.6 Å². The maximum atomic E-state index is 14.2. The van der Waals surface area contributed by atoms with E-state index in [0.29, 0.717) is 31.8 Å². The summed E-state index contributed by atoms with van der Waals surface area (Å²) in [6.45, 7) is 4.58. The molecule has 3 aromatic rings. The minimum atomic E-state index is -2.55. The van der Waals surface area contributed by atoms with E-state index in [4.69, 9.17) is 0 Å². The first-order valence-electron chi connectivity index (χ1n) is 22.3. The van der Waals surface area contributed by atoms with Crippen molar-refractivity contribution >= 4 is 35.2 Å². The van der Waals surface area contributed by atoms with E-state index in [1.807, 2.05) is 17.0 Å². The van der Waals surface area contributed by atoms with E-state index in [2.05, 4.69) is 39.4 Å². The molecule has 3 atom stereocenters. The summed E-state index contributed by atoms with van der Waals surface area (Å²) in [6, 6.07) is 17.1. The predicted octanol–water partition coefficient (Wildman–Crippen LogP) is 6.54. The zero-order valence-electron chi connectivity index (χ0n) is 34.5. The number of aryl methyl sites for hydroxylation is 1. The van der Waals surface area contributed by atoms with Crippen molar-refractivity contribution in [1.29, 1.82) is 0 Å². The lowest BCUT2D eigenvalue weighted by Crippen LogP contribution is -2.54. The lowest BCUT2D eigenvalue weighted by Gasteiger charge is -2.47. The number of imide groups is 2. The number of halogens is 2. The Morgan fingerprint density at radius 1 is 0.738 bits per heavy atom. The maximum Gasteiger partial charge on any atom is 0.262 e. The molecule has 0 bridgehead atoms. The van der Waals surface area contributed by atoms with Crippen LogP contribution in [0.1, 0.15) is 125 Å². The van der Waals surface area contributed by atoms with Gasteiger partial charge >= 0.3 is 0 Å². The molecule has 0 radical (unpaired) electrons. The average Bonchev–Trinajstić information content (AvgIpc) is 3.75. The van der Waals surface area contributed by atoms with Crippen LogP contribution in [0.5, 0.6) is 5.75 Å². The van der Waals surface area contributed by atoms with Crippen LogP contribution in [-0.4, -0.2) is 94.0 Å². The van der Waals surface area contributed by atoms with Gasteiger partial charge in [-0.05, 0) is 139 Å². The molecule has 0 aromatic heterocycles. The van der Waals surface area contributed by atoms with E-state index in [0.717, 1.165) is 86.3 Å². The Bertz CT molecular complexity index is 2240. The van der Waals surface area contributed by atoms with Gasteiger partial charge < -0.3 is 14.9 Å². The third-order valence-corrected chi connectivity index (χ3v) is 15.5. The van der Waals surface area contributed by atoms with Crippen molar-refractivity contribution in [2.24, 2.45) is 17.3 Å². The van der Waals surface area contributed by atoms with Crippen molar-refractivity contribution < 1.29 is 37.9 Å². The first-order chi connectivity index (χ1) is 29.3. The topological polar surface area (TPSA) is 131 Å². The number of amides is 5. The summed E-state index contributed by atoms with van der Waals surface area (Å²) in [4.78, 5) is 71.9. The first kappa shape index (κ1) is 39.9. The third kappa shape index (κ3) is 7.40. The van der Waals surface area contributed by atoms with Gasteiger partial charge in [0.25, 0.3) is 11.8 Å². The second kappa shape index (κ2) is 15.3. The minimum Gasteiger partial charge on any atom is -0.508 e. The Kier molecular flexibility index (Phi) is 10.0. The van der Waals surface area contributed by atoms with Crippen LogP contribution in [-0.2, 0) is 33.9 Å². The SMILES string of the molecule is O=C1CCC(N2C(=O)c3cc4c(cc3C2=O)CN(CC(=O)N2CCC3(CC2)CCN(c2ccc([C@@H]5c6ccc(O)cc6CC[C@@H]5C5CCC(F)(F)CC5)cc2)CC3)C4)C(=O)N1. The van der Waals surface area contributed by atoms with E-state index in [9.17, 15) is 37.9 Å². The molecule has 13 heteroatoms. The fourth-order valence-corrected chi connectivity index (χ4v) is 12.0. The van der Waals surface area contributed by atoms with Crippen LogP contribution in [0.15, 0.2) is 54.6 Å². The Labute approximate surface area is 354 Å². The van der Waals surface area contributed by atoms with Gasteiger partial charge in [-0.3, -0.25) is 39.1 Å². The number of likely N-dealkylation sites (tertiary alicyclic amines) is 1. The van der Waals surface area contributed by atoms with Gasteiger partial charge in [0, 0.05) is 70.1 Å². The molecule has 2 N–H and O–H groups in total. The molecule has 5 amide bonds. The number of anilines is 1. The Morgan fingerprint density at radius 3 is 2.02 bits per heavy atom. The minimum absolute atomic E-state index is 0.0314. The molecule has 10 rings (SSSR count). The van der Waals surface area contributed by atoms with Gasteiger partial charge in [-0.25, -0.2) is 8.78 Å². The number of nitrogens with zero attached hydrogens (tertiary/aromatic N) is 4. The highest BCUT2D eigenvalue weighted by Gasteiger charge is 2.46. The first-order valence-corrected chi connectivity index (χ1v) is 22.3. The highest BCUT2D eigenvalue weighted by Crippen LogP contribution is 2.51. The third-order valence-electron chi connectivity index (χ3n) is 15.5. The van der Waals surface area contributed by atoms with E-state index in [-0.39, 0.29) is 72.3 Å². The summed E-state index contributed by atoms with van der Waals surface area (Å²) in [5, 5.41) is 12.5. The molecule has 5 aliphatic heterocycles. The van der Waals surface area contributed by atoms with Crippen molar-refractivity contribution in [2.75, 3.05) is 37.6 Å². The monoisotopic (exact) mass is 833 g/mol. The normalized spacial score (nSPS) is 26.3. The summed E-state index contributed by atoms with van der Waals surface area (Å²) >= 11 is 0. The van der Waals surface area contributed by atoms with E-state index in [1.165, 1.54) is 16.8 Å². The van der Waals surface area contributed by atoms with Gasteiger partial charge in [-0.2, -0.15) is 0 Å². The molecular weight excluding hydrogens is 781 g/mol. The van der Waals surface area contributed by atoms with Crippen LogP contribution < -0.4 is 10.2 Å². The molecule has 320 valence electrons. The standard InChI is InChI=1S/C48H53F2N5O6/c49-48(50)13-11-29(12-14-48)36-7-3-31-23-35(56)6-8-37(31)43(36)30-1-4-34(5-2-30)53-19-15-47(16-20-53)17-21-54(22-18-47)42(58)28-52-26-32-24-38-39(25-33(32)27-52)46(61)55(45(38)60)40-9-10-41(57)51-44(40)59/h1-2,4-6,8,23-25,29,36,40,43,56H,3,7,9-22,26-28H2,(H,51,57,59)/t36-,40?,43+/m1/s1. The van der Waals surface area contributed by atoms with Crippen LogP contribution >= 0.6 is 0 Å². The van der Waals surface area contributed by atoms with Gasteiger partial charge in [-0.15, -0.1) is 0 Å². The molecule has 1 unspecified atom stereocenters. The molecular formula is C48H53F2N5O6. The van der Waals surface area contributed by atoms with Crippen molar-refractivity contribution in [1.82, 2.24) is 20.0 Å². The number of rotatable bonds is 6. The smallest absolute Gasteiger partial charge is 0.262 e. The lowest BCUT2D eigenvalue weighted by molar-refractivity contribution is -0.137. The highest BCUT2D eigenvalue weighted by molar-refractivity contribution is 6.23. The van der Waals surface area contributed by atoms with E-state index < -0.39 is 35.6 Å². The molecule has 1 spiro atoms. The number of nitrogens with one attached hydrogen (secondary N) is 1. The van der Waals surface area contributed by atoms with Gasteiger partial charge in [-0.1, -0.05) is 18.2 Å². The number of phenolic OH excluding ortho intramolecular Hbond substituents is 1. The van der Waals surface area contributed by atoms with Crippen molar-refractivity contribution in [3.8, 4) is 5.75 Å². The Hall–Kier alpha value is -5.17. The van der Waals surface area contributed by atoms with Crippen molar-refractivity contribution in [2.45, 2.75) is 108 Å². The van der Waals surface area contributed by atoms with Crippen LogP contribution in [0, 0.1) is 17.3 Å². The van der Waals surface area contributed by atoms with E-state index >= 15 is 0 Å². The van der Waals surface area contributed by atoms with Gasteiger partial charge in [0.1, 0.15) is 11.8 Å². The molecule has 1 saturated carbocycles.